The smallest absolute Gasteiger partial charge is 0.420 e. The van der Waals surface area contributed by atoms with Gasteiger partial charge in [-0.3, -0.25) is 10.1 Å². The molecule has 10 heteroatoms. The minimum atomic E-state index is -0.971. The number of anilines is 2. The Morgan fingerprint density at radius 1 is 1.40 bits per heavy atom. The standard InChI is InChI=1S/C15H14ClFN4O4/c1-15(2,3)25-14(22)20(12-11(17)8-18-13(16)19-12)9-5-4-6-10(7-9)21(23)24/h4-8H,1-3H3. The first-order valence-corrected chi connectivity index (χ1v) is 7.42. The number of hydrogen-bond donors (Lipinski definition) is 0. The van der Waals surface area contributed by atoms with Crippen LogP contribution in [0.3, 0.4) is 0 Å². The van der Waals surface area contributed by atoms with Crippen LogP contribution < -0.4 is 4.90 Å². The second kappa shape index (κ2) is 6.98. The third kappa shape index (κ3) is 4.60. The average molecular weight is 369 g/mol. The Hall–Kier alpha value is -2.81. The minimum Gasteiger partial charge on any atom is -0.443 e. The summed E-state index contributed by atoms with van der Waals surface area (Å²) in [6.45, 7) is 4.87. The number of halogens is 2. The van der Waals surface area contributed by atoms with Crippen molar-refractivity contribution in [3.05, 3.63) is 51.7 Å². The Balaban J connectivity index is 2.60. The van der Waals surface area contributed by atoms with Gasteiger partial charge in [-0.2, -0.15) is 4.98 Å². The van der Waals surface area contributed by atoms with Gasteiger partial charge in [-0.1, -0.05) is 6.07 Å². The molecule has 8 nitrogen and oxygen atoms in total. The van der Waals surface area contributed by atoms with E-state index >= 15 is 0 Å². The zero-order chi connectivity index (χ0) is 18.8. The van der Waals surface area contributed by atoms with Crippen LogP contribution in [0.4, 0.5) is 26.4 Å². The number of nitro benzene ring substituents is 1. The Morgan fingerprint density at radius 2 is 2.08 bits per heavy atom. The van der Waals surface area contributed by atoms with Crippen molar-refractivity contribution in [1.29, 1.82) is 0 Å². The lowest BCUT2D eigenvalue weighted by atomic mass is 10.2. The van der Waals surface area contributed by atoms with E-state index in [1.165, 1.54) is 18.2 Å². The summed E-state index contributed by atoms with van der Waals surface area (Å²) < 4.78 is 19.4. The van der Waals surface area contributed by atoms with Crippen molar-refractivity contribution < 1.29 is 18.8 Å². The number of carbonyl (C=O) groups excluding carboxylic acids is 1. The van der Waals surface area contributed by atoms with Crippen molar-refractivity contribution in [2.45, 2.75) is 26.4 Å². The van der Waals surface area contributed by atoms with Gasteiger partial charge in [-0.05, 0) is 38.4 Å². The van der Waals surface area contributed by atoms with Crippen molar-refractivity contribution in [2.75, 3.05) is 4.90 Å². The van der Waals surface area contributed by atoms with Gasteiger partial charge in [-0.15, -0.1) is 0 Å². The van der Waals surface area contributed by atoms with E-state index in [1.807, 2.05) is 0 Å². The molecule has 2 aromatic rings. The summed E-state index contributed by atoms with van der Waals surface area (Å²) in [5.41, 5.74) is -1.17. The zero-order valence-corrected chi connectivity index (χ0v) is 14.3. The van der Waals surface area contributed by atoms with Gasteiger partial charge in [0.1, 0.15) is 5.60 Å². The molecule has 1 aromatic carbocycles. The highest BCUT2D eigenvalue weighted by Gasteiger charge is 2.29. The number of benzene rings is 1. The third-order valence-electron chi connectivity index (χ3n) is 2.78. The Morgan fingerprint density at radius 3 is 2.68 bits per heavy atom. The van der Waals surface area contributed by atoms with Crippen molar-refractivity contribution in [2.24, 2.45) is 0 Å². The van der Waals surface area contributed by atoms with Gasteiger partial charge in [0.05, 0.1) is 16.8 Å². The molecule has 0 saturated carbocycles. The molecular weight excluding hydrogens is 355 g/mol. The molecule has 0 aliphatic heterocycles. The van der Waals surface area contributed by atoms with E-state index in [-0.39, 0.29) is 16.7 Å². The van der Waals surface area contributed by atoms with E-state index < -0.39 is 28.3 Å². The fourth-order valence-corrected chi connectivity index (χ4v) is 1.99. The number of non-ortho nitro benzene ring substituents is 1. The predicted molar refractivity (Wildman–Crippen MR) is 88.5 cm³/mol. The van der Waals surface area contributed by atoms with E-state index in [9.17, 15) is 19.3 Å². The third-order valence-corrected chi connectivity index (χ3v) is 2.96. The molecule has 25 heavy (non-hydrogen) atoms. The molecule has 0 unspecified atom stereocenters. The van der Waals surface area contributed by atoms with Crippen LogP contribution in [0, 0.1) is 15.9 Å². The summed E-state index contributed by atoms with van der Waals surface area (Å²) in [4.78, 5) is 30.9. The van der Waals surface area contributed by atoms with Crippen LogP contribution in [0.2, 0.25) is 5.28 Å². The maximum absolute atomic E-state index is 14.2. The van der Waals surface area contributed by atoms with Crippen molar-refractivity contribution >= 4 is 34.9 Å². The summed E-state index contributed by atoms with van der Waals surface area (Å²) in [6.07, 6.45) is -0.180. The van der Waals surface area contributed by atoms with Crippen LogP contribution in [0.5, 0.6) is 0 Å². The van der Waals surface area contributed by atoms with Crippen molar-refractivity contribution in [3.63, 3.8) is 0 Å². The van der Waals surface area contributed by atoms with Gasteiger partial charge in [-0.25, -0.2) is 19.1 Å². The van der Waals surface area contributed by atoms with Crippen molar-refractivity contribution in [1.82, 2.24) is 9.97 Å². The molecule has 0 fully saturated rings. The number of amides is 1. The maximum atomic E-state index is 14.2. The van der Waals surface area contributed by atoms with Gasteiger partial charge < -0.3 is 4.74 Å². The molecule has 2 rings (SSSR count). The van der Waals surface area contributed by atoms with Gasteiger partial charge in [0.2, 0.25) is 5.28 Å². The summed E-state index contributed by atoms with van der Waals surface area (Å²) in [5, 5.41) is 10.7. The highest BCUT2D eigenvalue weighted by atomic mass is 35.5. The van der Waals surface area contributed by atoms with Gasteiger partial charge in [0.25, 0.3) is 5.69 Å². The summed E-state index contributed by atoms with van der Waals surface area (Å²) in [6, 6.07) is 5.07. The number of ether oxygens (including phenoxy) is 1. The fraction of sp³-hybridized carbons (Fsp3) is 0.267. The van der Waals surface area contributed by atoms with E-state index in [1.54, 1.807) is 20.8 Å². The van der Waals surface area contributed by atoms with Crippen molar-refractivity contribution in [3.8, 4) is 0 Å². The average Bonchev–Trinajstić information content (AvgIpc) is 2.49. The Labute approximate surface area is 147 Å². The summed E-state index contributed by atoms with van der Waals surface area (Å²) in [7, 11) is 0. The van der Waals surface area contributed by atoms with E-state index in [0.29, 0.717) is 0 Å². The normalized spacial score (nSPS) is 11.1. The number of rotatable bonds is 3. The molecule has 0 aliphatic carbocycles. The van der Waals surface area contributed by atoms with E-state index in [0.717, 1.165) is 17.2 Å². The first-order chi connectivity index (χ1) is 11.6. The molecule has 1 aromatic heterocycles. The molecule has 0 N–H and O–H groups in total. The molecule has 0 radical (unpaired) electrons. The van der Waals surface area contributed by atoms with Gasteiger partial charge in [0.15, 0.2) is 11.6 Å². The largest absolute Gasteiger partial charge is 0.443 e. The molecule has 0 aliphatic rings. The number of nitrogens with zero attached hydrogens (tertiary/aromatic N) is 4. The minimum absolute atomic E-state index is 0.00267. The van der Waals surface area contributed by atoms with Crippen LogP contribution in [0.15, 0.2) is 30.5 Å². The predicted octanol–water partition coefficient (Wildman–Crippen LogP) is 4.25. The molecule has 1 heterocycles. The maximum Gasteiger partial charge on any atom is 0.420 e. The molecule has 0 saturated heterocycles. The van der Waals surface area contributed by atoms with Gasteiger partial charge >= 0.3 is 6.09 Å². The molecule has 132 valence electrons. The number of carbonyl (C=O) groups is 1. The lowest BCUT2D eigenvalue weighted by Crippen LogP contribution is -2.35. The number of hydrogen-bond acceptors (Lipinski definition) is 6. The van der Waals surface area contributed by atoms with Crippen LogP contribution >= 0.6 is 11.6 Å². The second-order valence-corrected chi connectivity index (χ2v) is 6.24. The topological polar surface area (TPSA) is 98.5 Å². The van der Waals surface area contributed by atoms with E-state index in [2.05, 4.69) is 9.97 Å². The Bertz CT molecular complexity index is 825. The van der Waals surface area contributed by atoms with Crippen LogP contribution in [-0.2, 0) is 4.74 Å². The highest BCUT2D eigenvalue weighted by molar-refractivity contribution is 6.28. The van der Waals surface area contributed by atoms with E-state index in [4.69, 9.17) is 16.3 Å². The lowest BCUT2D eigenvalue weighted by Gasteiger charge is -2.26. The zero-order valence-electron chi connectivity index (χ0n) is 13.6. The molecular formula is C15H14ClFN4O4. The molecule has 0 bridgehead atoms. The fourth-order valence-electron chi connectivity index (χ4n) is 1.86. The van der Waals surface area contributed by atoms with Crippen LogP contribution in [0.1, 0.15) is 20.8 Å². The second-order valence-electron chi connectivity index (χ2n) is 5.90. The molecule has 1 amide bonds. The van der Waals surface area contributed by atoms with Gasteiger partial charge in [0, 0.05) is 12.1 Å². The first kappa shape index (κ1) is 18.5. The lowest BCUT2D eigenvalue weighted by molar-refractivity contribution is -0.384. The van der Waals surface area contributed by atoms with Crippen LogP contribution in [-0.4, -0.2) is 26.6 Å². The Kier molecular flexibility index (Phi) is 5.17. The monoisotopic (exact) mass is 368 g/mol. The number of nitro groups is 1. The first-order valence-electron chi connectivity index (χ1n) is 7.04. The van der Waals surface area contributed by atoms with Crippen LogP contribution in [0.25, 0.3) is 0 Å². The highest BCUT2D eigenvalue weighted by Crippen LogP contribution is 2.31. The number of aromatic nitrogens is 2. The summed E-state index contributed by atoms with van der Waals surface area (Å²) >= 11 is 5.69. The molecule has 0 spiro atoms. The quantitative estimate of drug-likeness (QED) is 0.456. The summed E-state index contributed by atoms with van der Waals surface area (Å²) in [5.74, 6) is -1.42. The SMILES string of the molecule is CC(C)(C)OC(=O)N(c1cccc([N+](=O)[O-])c1)c1nc(Cl)ncc1F. The molecule has 0 atom stereocenters.